The molecule has 0 aromatic heterocycles. The van der Waals surface area contributed by atoms with E-state index in [1.807, 2.05) is 0 Å². The molecule has 0 radical (unpaired) electrons. The van der Waals surface area contributed by atoms with Gasteiger partial charge in [0.2, 0.25) is 0 Å². The van der Waals surface area contributed by atoms with Crippen LogP contribution in [0.1, 0.15) is 57.1 Å². The summed E-state index contributed by atoms with van der Waals surface area (Å²) in [6, 6.07) is 11.8. The summed E-state index contributed by atoms with van der Waals surface area (Å²) in [5.74, 6) is 0. The van der Waals surface area contributed by atoms with Gasteiger partial charge in [0, 0.05) is 18.7 Å². The first-order valence-corrected chi connectivity index (χ1v) is 7.72. The quantitative estimate of drug-likeness (QED) is 0.890. The van der Waals surface area contributed by atoms with Gasteiger partial charge in [0.1, 0.15) is 0 Å². The lowest BCUT2D eigenvalue weighted by Gasteiger charge is -2.39. The van der Waals surface area contributed by atoms with Gasteiger partial charge < -0.3 is 10.1 Å². The molecule has 2 atom stereocenters. The topological polar surface area (TPSA) is 21.3 Å². The number of hydrogen-bond donors (Lipinski definition) is 1. The molecule has 104 valence electrons. The molecule has 2 fully saturated rings. The minimum atomic E-state index is 0.215. The van der Waals surface area contributed by atoms with Crippen LogP contribution in [0.5, 0.6) is 0 Å². The van der Waals surface area contributed by atoms with Crippen molar-refractivity contribution in [2.24, 2.45) is 0 Å². The third kappa shape index (κ3) is 3.01. The molecule has 1 aromatic carbocycles. The van der Waals surface area contributed by atoms with E-state index in [2.05, 4.69) is 42.6 Å². The van der Waals surface area contributed by atoms with Crippen LogP contribution in [0.2, 0.25) is 0 Å². The second kappa shape index (κ2) is 5.64. The molecule has 1 aliphatic heterocycles. The van der Waals surface area contributed by atoms with Crippen LogP contribution in [0.3, 0.4) is 0 Å². The Morgan fingerprint density at radius 2 is 1.95 bits per heavy atom. The largest absolute Gasteiger partial charge is 0.375 e. The molecule has 0 bridgehead atoms. The molecule has 1 aromatic rings. The first kappa shape index (κ1) is 13.1. The van der Waals surface area contributed by atoms with Crippen LogP contribution in [-0.2, 0) is 4.74 Å². The van der Waals surface area contributed by atoms with Gasteiger partial charge in [-0.25, -0.2) is 0 Å². The zero-order valence-electron chi connectivity index (χ0n) is 11.9. The van der Waals surface area contributed by atoms with Crippen molar-refractivity contribution < 1.29 is 4.74 Å². The van der Waals surface area contributed by atoms with Gasteiger partial charge >= 0.3 is 0 Å². The molecule has 1 N–H and O–H groups in total. The molecule has 1 aliphatic carbocycles. The Hall–Kier alpha value is -0.860. The Morgan fingerprint density at radius 3 is 2.68 bits per heavy atom. The molecule has 2 nitrogen and oxygen atoms in total. The minimum absolute atomic E-state index is 0.215. The zero-order chi connectivity index (χ0) is 13.1. The summed E-state index contributed by atoms with van der Waals surface area (Å²) >= 11 is 0. The van der Waals surface area contributed by atoms with E-state index in [-0.39, 0.29) is 5.60 Å². The lowest BCUT2D eigenvalue weighted by atomic mass is 9.88. The molecular weight excluding hydrogens is 234 g/mol. The van der Waals surface area contributed by atoms with Crippen LogP contribution in [0.4, 0.5) is 0 Å². The van der Waals surface area contributed by atoms with E-state index in [1.54, 1.807) is 0 Å². The van der Waals surface area contributed by atoms with E-state index in [0.717, 1.165) is 13.0 Å². The number of hydrogen-bond acceptors (Lipinski definition) is 2. The normalized spacial score (nSPS) is 27.5. The summed E-state index contributed by atoms with van der Waals surface area (Å²) in [5.41, 5.74) is 1.60. The number of nitrogens with one attached hydrogen (secondary N) is 1. The maximum atomic E-state index is 6.10. The fraction of sp³-hybridized carbons (Fsp3) is 0.647. The average molecular weight is 259 g/mol. The number of benzene rings is 1. The Labute approximate surface area is 116 Å². The summed E-state index contributed by atoms with van der Waals surface area (Å²) in [6.07, 6.45) is 7.58. The van der Waals surface area contributed by atoms with Crippen LogP contribution in [-0.4, -0.2) is 18.2 Å². The maximum Gasteiger partial charge on any atom is 0.0697 e. The van der Waals surface area contributed by atoms with Gasteiger partial charge in [-0.15, -0.1) is 0 Å². The van der Waals surface area contributed by atoms with Gasteiger partial charge in [-0.2, -0.15) is 0 Å². The van der Waals surface area contributed by atoms with Gasteiger partial charge in [0.05, 0.1) is 5.60 Å². The Kier molecular flexibility index (Phi) is 3.90. The zero-order valence-corrected chi connectivity index (χ0v) is 11.9. The fourth-order valence-electron chi connectivity index (χ4n) is 3.73. The highest BCUT2D eigenvalue weighted by Gasteiger charge is 2.39. The second-order valence-corrected chi connectivity index (χ2v) is 6.23. The SMILES string of the molecule is C[C@H](NC1CCOC2(CCCC2)C1)c1ccccc1. The highest BCUT2D eigenvalue weighted by Crippen LogP contribution is 2.40. The Balaban J connectivity index is 1.60. The summed E-state index contributed by atoms with van der Waals surface area (Å²) < 4.78 is 6.10. The van der Waals surface area contributed by atoms with Gasteiger partial charge in [0.25, 0.3) is 0 Å². The monoisotopic (exact) mass is 259 g/mol. The van der Waals surface area contributed by atoms with Crippen molar-refractivity contribution in [1.29, 1.82) is 0 Å². The lowest BCUT2D eigenvalue weighted by molar-refractivity contribution is -0.0846. The van der Waals surface area contributed by atoms with Gasteiger partial charge in [-0.1, -0.05) is 43.2 Å². The van der Waals surface area contributed by atoms with E-state index in [0.29, 0.717) is 12.1 Å². The third-order valence-electron chi connectivity index (χ3n) is 4.79. The van der Waals surface area contributed by atoms with E-state index >= 15 is 0 Å². The molecule has 1 saturated heterocycles. The first-order valence-electron chi connectivity index (χ1n) is 7.72. The predicted octanol–water partition coefficient (Wildman–Crippen LogP) is 3.83. The van der Waals surface area contributed by atoms with Gasteiger partial charge in [-0.3, -0.25) is 0 Å². The molecular formula is C17H25NO. The second-order valence-electron chi connectivity index (χ2n) is 6.23. The number of rotatable bonds is 3. The van der Waals surface area contributed by atoms with Crippen LogP contribution < -0.4 is 5.32 Å². The van der Waals surface area contributed by atoms with E-state index < -0.39 is 0 Å². The Bertz CT molecular complexity index is 397. The van der Waals surface area contributed by atoms with E-state index in [9.17, 15) is 0 Å². The molecule has 2 heteroatoms. The molecule has 1 saturated carbocycles. The van der Waals surface area contributed by atoms with E-state index in [4.69, 9.17) is 4.74 Å². The van der Waals surface area contributed by atoms with E-state index in [1.165, 1.54) is 37.7 Å². The summed E-state index contributed by atoms with van der Waals surface area (Å²) in [5, 5.41) is 3.81. The molecule has 1 heterocycles. The lowest BCUT2D eigenvalue weighted by Crippen LogP contribution is -2.46. The molecule has 3 rings (SSSR count). The van der Waals surface area contributed by atoms with Crippen molar-refractivity contribution in [1.82, 2.24) is 5.32 Å². The van der Waals surface area contributed by atoms with Crippen molar-refractivity contribution in [2.75, 3.05) is 6.61 Å². The van der Waals surface area contributed by atoms with Crippen molar-refractivity contribution >= 4 is 0 Å². The van der Waals surface area contributed by atoms with Crippen molar-refractivity contribution in [3.8, 4) is 0 Å². The molecule has 19 heavy (non-hydrogen) atoms. The van der Waals surface area contributed by atoms with Crippen molar-refractivity contribution in [3.63, 3.8) is 0 Å². The molecule has 1 spiro atoms. The van der Waals surface area contributed by atoms with Crippen LogP contribution in [0, 0.1) is 0 Å². The number of ether oxygens (including phenoxy) is 1. The van der Waals surface area contributed by atoms with Crippen LogP contribution >= 0.6 is 0 Å². The average Bonchev–Trinajstić information content (AvgIpc) is 2.88. The fourth-order valence-corrected chi connectivity index (χ4v) is 3.73. The highest BCUT2D eigenvalue weighted by atomic mass is 16.5. The van der Waals surface area contributed by atoms with Crippen LogP contribution in [0.15, 0.2) is 30.3 Å². The first-order chi connectivity index (χ1) is 9.27. The summed E-state index contributed by atoms with van der Waals surface area (Å²) in [6.45, 7) is 3.20. The summed E-state index contributed by atoms with van der Waals surface area (Å²) in [4.78, 5) is 0. The highest BCUT2D eigenvalue weighted by molar-refractivity contribution is 5.18. The minimum Gasteiger partial charge on any atom is -0.375 e. The Morgan fingerprint density at radius 1 is 1.21 bits per heavy atom. The van der Waals surface area contributed by atoms with Crippen molar-refractivity contribution in [2.45, 2.75) is 63.1 Å². The van der Waals surface area contributed by atoms with Crippen molar-refractivity contribution in [3.05, 3.63) is 35.9 Å². The van der Waals surface area contributed by atoms with Crippen LogP contribution in [0.25, 0.3) is 0 Å². The van der Waals surface area contributed by atoms with Gasteiger partial charge in [0.15, 0.2) is 0 Å². The summed E-state index contributed by atoms with van der Waals surface area (Å²) in [7, 11) is 0. The maximum absolute atomic E-state index is 6.10. The molecule has 2 aliphatic rings. The molecule has 1 unspecified atom stereocenters. The third-order valence-corrected chi connectivity index (χ3v) is 4.79. The molecule has 0 amide bonds. The predicted molar refractivity (Wildman–Crippen MR) is 78.2 cm³/mol. The standard InChI is InChI=1S/C17H25NO/c1-14(15-7-3-2-4-8-15)18-16-9-12-19-17(13-16)10-5-6-11-17/h2-4,7-8,14,16,18H,5-6,9-13H2,1H3/t14-,16?/m0/s1. The smallest absolute Gasteiger partial charge is 0.0697 e. The van der Waals surface area contributed by atoms with Gasteiger partial charge in [-0.05, 0) is 38.2 Å².